The van der Waals surface area contributed by atoms with Crippen LogP contribution >= 0.6 is 0 Å². The predicted octanol–water partition coefficient (Wildman–Crippen LogP) is 4.31. The molecule has 1 N–H and O–H groups in total. The highest BCUT2D eigenvalue weighted by atomic mass is 19.2. The molecule has 0 saturated heterocycles. The van der Waals surface area contributed by atoms with E-state index in [9.17, 15) is 18.0 Å². The standard InChI is InChI=1S/C26H24F3N5O2/c1-15-13-33(14-31-15)22-6-3-16(8-24(22)36-2)7-17-4-5-19-11-30-12-23(34(32-19)26(17)35)18-9-20(27)25(29)21(28)10-18/h3,6-10,13-14,23,30H,4-5,11-12H2,1-2H3/b17-7+. The van der Waals surface area contributed by atoms with E-state index in [1.54, 1.807) is 19.5 Å². The fourth-order valence-corrected chi connectivity index (χ4v) is 4.47. The second-order valence-corrected chi connectivity index (χ2v) is 8.78. The van der Waals surface area contributed by atoms with Gasteiger partial charge in [0.25, 0.3) is 5.91 Å². The Balaban J connectivity index is 1.50. The minimum atomic E-state index is -1.55. The first-order valence-corrected chi connectivity index (χ1v) is 11.5. The normalized spacial score (nSPS) is 19.2. The Hall–Kier alpha value is -3.92. The number of rotatable bonds is 4. The molecular formula is C26H24F3N5O2. The van der Waals surface area contributed by atoms with Crippen LogP contribution in [0.1, 0.15) is 35.7 Å². The molecular weight excluding hydrogens is 471 g/mol. The van der Waals surface area contributed by atoms with Crippen LogP contribution in [-0.2, 0) is 4.79 Å². The number of hydrogen-bond donors (Lipinski definition) is 1. The molecule has 2 aromatic carbocycles. The molecule has 0 radical (unpaired) electrons. The average Bonchev–Trinajstić information content (AvgIpc) is 3.10. The number of imidazole rings is 1. The van der Waals surface area contributed by atoms with Crippen molar-refractivity contribution in [2.75, 3.05) is 20.2 Å². The van der Waals surface area contributed by atoms with Crippen LogP contribution in [0, 0.1) is 24.4 Å². The molecule has 1 unspecified atom stereocenters. The second-order valence-electron chi connectivity index (χ2n) is 8.78. The van der Waals surface area contributed by atoms with Gasteiger partial charge in [-0.2, -0.15) is 5.10 Å². The summed E-state index contributed by atoms with van der Waals surface area (Å²) in [5, 5.41) is 8.92. The molecule has 186 valence electrons. The molecule has 1 amide bonds. The fraction of sp³-hybridized carbons (Fsp3) is 0.269. The van der Waals surface area contributed by atoms with Gasteiger partial charge in [-0.15, -0.1) is 0 Å². The molecule has 2 aliphatic rings. The van der Waals surface area contributed by atoms with E-state index < -0.39 is 23.5 Å². The van der Waals surface area contributed by atoms with Gasteiger partial charge in [-0.25, -0.2) is 23.2 Å². The third kappa shape index (κ3) is 4.51. The maximum Gasteiger partial charge on any atom is 0.270 e. The van der Waals surface area contributed by atoms with E-state index in [2.05, 4.69) is 15.4 Å². The fourth-order valence-electron chi connectivity index (χ4n) is 4.47. The number of aromatic nitrogens is 2. The van der Waals surface area contributed by atoms with Crippen molar-refractivity contribution in [3.8, 4) is 11.4 Å². The van der Waals surface area contributed by atoms with Gasteiger partial charge in [-0.1, -0.05) is 6.07 Å². The van der Waals surface area contributed by atoms with Gasteiger partial charge in [0.05, 0.1) is 36.6 Å². The number of hydrazone groups is 1. The van der Waals surface area contributed by atoms with E-state index in [1.807, 2.05) is 35.9 Å². The van der Waals surface area contributed by atoms with Crippen molar-refractivity contribution in [1.29, 1.82) is 0 Å². The predicted molar refractivity (Wildman–Crippen MR) is 128 cm³/mol. The number of ether oxygens (including phenoxy) is 1. The highest BCUT2D eigenvalue weighted by Crippen LogP contribution is 2.32. The molecule has 10 heteroatoms. The lowest BCUT2D eigenvalue weighted by Crippen LogP contribution is -2.35. The summed E-state index contributed by atoms with van der Waals surface area (Å²) in [6.07, 6.45) is 6.35. The Morgan fingerprint density at radius 3 is 2.61 bits per heavy atom. The van der Waals surface area contributed by atoms with Crippen LogP contribution in [-0.4, -0.2) is 46.4 Å². The number of fused-ring (bicyclic) bond motifs is 1. The highest BCUT2D eigenvalue weighted by molar-refractivity contribution is 6.01. The van der Waals surface area contributed by atoms with Crippen molar-refractivity contribution in [3.63, 3.8) is 0 Å². The molecule has 3 heterocycles. The maximum absolute atomic E-state index is 14.0. The van der Waals surface area contributed by atoms with Crippen molar-refractivity contribution in [1.82, 2.24) is 19.9 Å². The second kappa shape index (κ2) is 9.62. The van der Waals surface area contributed by atoms with E-state index in [1.165, 1.54) is 5.01 Å². The largest absolute Gasteiger partial charge is 0.495 e. The topological polar surface area (TPSA) is 71.8 Å². The number of halogens is 3. The van der Waals surface area contributed by atoms with Gasteiger partial charge < -0.3 is 14.6 Å². The van der Waals surface area contributed by atoms with Crippen LogP contribution in [0.2, 0.25) is 0 Å². The van der Waals surface area contributed by atoms with Crippen LogP contribution in [0.3, 0.4) is 0 Å². The van der Waals surface area contributed by atoms with Crippen LogP contribution in [0.25, 0.3) is 11.8 Å². The molecule has 0 fully saturated rings. The first-order valence-electron chi connectivity index (χ1n) is 11.5. The number of carbonyl (C=O) groups is 1. The first-order chi connectivity index (χ1) is 17.3. The summed E-state index contributed by atoms with van der Waals surface area (Å²) in [5.74, 6) is -3.93. The monoisotopic (exact) mass is 495 g/mol. The molecule has 2 aliphatic heterocycles. The van der Waals surface area contributed by atoms with Gasteiger partial charge in [0, 0.05) is 24.9 Å². The summed E-state index contributed by atoms with van der Waals surface area (Å²) in [7, 11) is 1.57. The SMILES string of the molecule is COc1cc(/C=C2\CCC3=NN(C2=O)C(c2cc(F)c(F)c(F)c2)CNC3)ccc1-n1cnc(C)c1. The van der Waals surface area contributed by atoms with E-state index in [4.69, 9.17) is 4.74 Å². The van der Waals surface area contributed by atoms with Crippen molar-refractivity contribution in [2.24, 2.45) is 5.10 Å². The molecule has 1 atom stereocenters. The molecule has 36 heavy (non-hydrogen) atoms. The molecule has 1 aromatic heterocycles. The van der Waals surface area contributed by atoms with Crippen molar-refractivity contribution < 1.29 is 22.7 Å². The number of hydrogen-bond acceptors (Lipinski definition) is 5. The van der Waals surface area contributed by atoms with Crippen LogP contribution in [0.15, 0.2) is 53.5 Å². The van der Waals surface area contributed by atoms with E-state index in [-0.39, 0.29) is 18.0 Å². The molecule has 3 aromatic rings. The molecule has 0 aliphatic carbocycles. The van der Waals surface area contributed by atoms with Crippen LogP contribution in [0.5, 0.6) is 5.75 Å². The summed E-state index contributed by atoms with van der Waals surface area (Å²) in [5.41, 5.74) is 3.80. The molecule has 7 nitrogen and oxygen atoms in total. The van der Waals surface area contributed by atoms with Gasteiger partial charge in [0.2, 0.25) is 0 Å². The van der Waals surface area contributed by atoms with E-state index in [0.29, 0.717) is 30.7 Å². The summed E-state index contributed by atoms with van der Waals surface area (Å²) in [6.45, 7) is 2.55. The van der Waals surface area contributed by atoms with Crippen LogP contribution in [0.4, 0.5) is 13.2 Å². The molecule has 5 rings (SSSR count). The van der Waals surface area contributed by atoms with Crippen molar-refractivity contribution >= 4 is 17.7 Å². The Labute approximate surface area is 205 Å². The van der Waals surface area contributed by atoms with Crippen LogP contribution < -0.4 is 10.1 Å². The van der Waals surface area contributed by atoms with Gasteiger partial charge in [0.1, 0.15) is 5.75 Å². The number of carbonyl (C=O) groups excluding carboxylic acids is 1. The zero-order valence-corrected chi connectivity index (χ0v) is 19.8. The molecule has 2 bridgehead atoms. The third-order valence-electron chi connectivity index (χ3n) is 6.30. The van der Waals surface area contributed by atoms with Crippen molar-refractivity contribution in [3.05, 3.63) is 82.7 Å². The number of amides is 1. The zero-order chi connectivity index (χ0) is 25.4. The van der Waals surface area contributed by atoms with E-state index in [0.717, 1.165) is 34.8 Å². The Kier molecular flexibility index (Phi) is 6.36. The Morgan fingerprint density at radius 2 is 1.92 bits per heavy atom. The first kappa shape index (κ1) is 23.8. The van der Waals surface area contributed by atoms with Gasteiger partial charge in [-0.05, 0) is 61.2 Å². The number of nitrogens with zero attached hydrogens (tertiary/aromatic N) is 4. The lowest BCUT2D eigenvalue weighted by molar-refractivity contribution is -0.129. The summed E-state index contributed by atoms with van der Waals surface area (Å²) in [4.78, 5) is 17.8. The van der Waals surface area contributed by atoms with Crippen molar-refractivity contribution in [2.45, 2.75) is 25.8 Å². The smallest absolute Gasteiger partial charge is 0.270 e. The number of methoxy groups -OCH3 is 1. The minimum Gasteiger partial charge on any atom is -0.495 e. The highest BCUT2D eigenvalue weighted by Gasteiger charge is 2.33. The average molecular weight is 496 g/mol. The lowest BCUT2D eigenvalue weighted by Gasteiger charge is -2.27. The van der Waals surface area contributed by atoms with E-state index >= 15 is 0 Å². The number of benzene rings is 2. The molecule has 0 spiro atoms. The maximum atomic E-state index is 14.0. The number of nitrogens with one attached hydrogen (secondary N) is 1. The zero-order valence-electron chi connectivity index (χ0n) is 19.8. The molecule has 0 saturated carbocycles. The summed E-state index contributed by atoms with van der Waals surface area (Å²) in [6, 6.07) is 6.61. The van der Waals surface area contributed by atoms with Gasteiger partial charge in [-0.3, -0.25) is 4.79 Å². The summed E-state index contributed by atoms with van der Waals surface area (Å²) >= 11 is 0. The quantitative estimate of drug-likeness (QED) is 0.433. The van der Waals surface area contributed by atoms with Gasteiger partial charge in [0.15, 0.2) is 17.5 Å². The Morgan fingerprint density at radius 1 is 1.14 bits per heavy atom. The number of aryl methyl sites for hydroxylation is 1. The lowest BCUT2D eigenvalue weighted by atomic mass is 10.0. The summed E-state index contributed by atoms with van der Waals surface area (Å²) < 4.78 is 49.0. The van der Waals surface area contributed by atoms with Gasteiger partial charge >= 0.3 is 0 Å². The Bertz CT molecular complexity index is 1370. The minimum absolute atomic E-state index is 0.125. The third-order valence-corrected chi connectivity index (χ3v) is 6.30.